The molecule has 0 spiro atoms. The molecule has 0 radical (unpaired) electrons. The summed E-state index contributed by atoms with van der Waals surface area (Å²) in [6.45, 7) is 3.23. The number of phenolic OH excluding ortho intramolecular Hbond substituents is 2. The molecule has 0 aromatic heterocycles. The van der Waals surface area contributed by atoms with Crippen molar-refractivity contribution < 1.29 is 37.2 Å². The van der Waals surface area contributed by atoms with E-state index in [1.54, 1.807) is 30.3 Å². The van der Waals surface area contributed by atoms with E-state index in [1.807, 2.05) is 0 Å². The van der Waals surface area contributed by atoms with Crippen molar-refractivity contribution in [1.29, 1.82) is 0 Å². The number of benzene rings is 4. The van der Waals surface area contributed by atoms with Gasteiger partial charge in [-0.2, -0.15) is 13.2 Å². The number of fused-ring (bicyclic) bond motifs is 1. The van der Waals surface area contributed by atoms with Crippen LogP contribution in [0.5, 0.6) is 23.0 Å². The van der Waals surface area contributed by atoms with Gasteiger partial charge < -0.3 is 19.7 Å². The topological polar surface area (TPSA) is 62.2 Å². The summed E-state index contributed by atoms with van der Waals surface area (Å²) in [6, 6.07) is 19.8. The number of rotatable bonds is 7. The maximum atomic E-state index is 15.0. The Morgan fingerprint density at radius 3 is 2.16 bits per heavy atom. The molecule has 4 aromatic rings. The molecule has 6 rings (SSSR count). The van der Waals surface area contributed by atoms with Crippen molar-refractivity contribution in [2.24, 2.45) is 0 Å². The van der Waals surface area contributed by atoms with Gasteiger partial charge in [0.15, 0.2) is 6.10 Å². The summed E-state index contributed by atoms with van der Waals surface area (Å²) in [7, 11) is 0. The molecule has 0 amide bonds. The number of phenols is 2. The van der Waals surface area contributed by atoms with E-state index in [0.717, 1.165) is 38.5 Å². The van der Waals surface area contributed by atoms with E-state index in [-0.39, 0.29) is 33.9 Å². The lowest BCUT2D eigenvalue weighted by molar-refractivity contribution is -0.0695. The van der Waals surface area contributed by atoms with Crippen LogP contribution in [0.2, 0.25) is 0 Å². The van der Waals surface area contributed by atoms with Crippen LogP contribution in [0.1, 0.15) is 42.1 Å². The molecule has 228 valence electrons. The maximum absolute atomic E-state index is 15.0. The lowest BCUT2D eigenvalue weighted by Gasteiger charge is -2.34. The maximum Gasteiger partial charge on any atom is 0.417 e. The zero-order valence-corrected chi connectivity index (χ0v) is 23.8. The standard InChI is InChI=1S/C35H31F4NO4/c36-24-8-4-22(5-9-24)30-21-27(43-19-18-40-16-2-1-3-17-40)13-15-28(30)34-32(23-6-10-25(41)11-7-23)33(35(37,38)39)29-14-12-26(42)20-31(29)44-34/h4-15,20-21,34,41-42H,1-3,16-19H2. The molecular formula is C35H31F4NO4. The number of allylic oxidation sites excluding steroid dienone is 1. The first-order valence-electron chi connectivity index (χ1n) is 14.5. The second-order valence-electron chi connectivity index (χ2n) is 11.0. The van der Waals surface area contributed by atoms with E-state index in [0.29, 0.717) is 29.0 Å². The molecule has 0 aliphatic carbocycles. The molecule has 44 heavy (non-hydrogen) atoms. The van der Waals surface area contributed by atoms with Crippen LogP contribution in [0.25, 0.3) is 22.3 Å². The number of hydrogen-bond donors (Lipinski definition) is 2. The van der Waals surface area contributed by atoms with Crippen LogP contribution >= 0.6 is 0 Å². The molecule has 2 aliphatic rings. The van der Waals surface area contributed by atoms with Crippen molar-refractivity contribution in [1.82, 2.24) is 4.90 Å². The quantitative estimate of drug-likeness (QED) is 0.207. The first-order chi connectivity index (χ1) is 21.2. The first-order valence-corrected chi connectivity index (χ1v) is 14.5. The minimum atomic E-state index is -4.80. The Morgan fingerprint density at radius 1 is 0.773 bits per heavy atom. The zero-order valence-electron chi connectivity index (χ0n) is 23.8. The highest BCUT2D eigenvalue weighted by atomic mass is 19.4. The highest BCUT2D eigenvalue weighted by molar-refractivity contribution is 5.99. The molecule has 2 heterocycles. The number of hydrogen-bond acceptors (Lipinski definition) is 5. The minimum Gasteiger partial charge on any atom is -0.508 e. The number of aromatic hydroxyl groups is 2. The van der Waals surface area contributed by atoms with Crippen LogP contribution < -0.4 is 9.47 Å². The van der Waals surface area contributed by atoms with Crippen molar-refractivity contribution in [2.75, 3.05) is 26.2 Å². The van der Waals surface area contributed by atoms with Crippen LogP contribution in [0.15, 0.2) is 84.9 Å². The third kappa shape index (κ3) is 6.24. The summed E-state index contributed by atoms with van der Waals surface area (Å²) < 4.78 is 71.2. The van der Waals surface area contributed by atoms with Gasteiger partial charge >= 0.3 is 6.18 Å². The fourth-order valence-corrected chi connectivity index (χ4v) is 5.95. The summed E-state index contributed by atoms with van der Waals surface area (Å²) in [6.07, 6.45) is -2.54. The van der Waals surface area contributed by atoms with Crippen molar-refractivity contribution >= 4 is 11.1 Å². The fourth-order valence-electron chi connectivity index (χ4n) is 5.95. The molecule has 2 N–H and O–H groups in total. The molecule has 1 saturated heterocycles. The SMILES string of the molecule is Oc1ccc(C2=C(C(F)(F)F)c3ccc(O)cc3OC2c2ccc(OCCN3CCCCC3)cc2-c2ccc(F)cc2)cc1. The van der Waals surface area contributed by atoms with Gasteiger partial charge in [0.2, 0.25) is 0 Å². The molecule has 2 aliphatic heterocycles. The Hall–Kier alpha value is -4.50. The van der Waals surface area contributed by atoms with Gasteiger partial charge in [-0.15, -0.1) is 0 Å². The highest BCUT2D eigenvalue weighted by Crippen LogP contribution is 2.54. The van der Waals surface area contributed by atoms with Gasteiger partial charge in [0.1, 0.15) is 35.4 Å². The summed E-state index contributed by atoms with van der Waals surface area (Å²) in [5, 5.41) is 20.1. The molecule has 0 saturated carbocycles. The van der Waals surface area contributed by atoms with Crippen molar-refractivity contribution in [3.8, 4) is 34.1 Å². The van der Waals surface area contributed by atoms with Crippen LogP contribution in [0, 0.1) is 5.82 Å². The molecule has 9 heteroatoms. The summed E-state index contributed by atoms with van der Waals surface area (Å²) in [4.78, 5) is 2.34. The average molecular weight is 606 g/mol. The van der Waals surface area contributed by atoms with E-state index in [1.165, 1.54) is 55.0 Å². The number of piperidine rings is 1. The number of nitrogens with zero attached hydrogens (tertiary/aromatic N) is 1. The number of likely N-dealkylation sites (tertiary alicyclic amines) is 1. The lowest BCUT2D eigenvalue weighted by atomic mass is 9.82. The van der Waals surface area contributed by atoms with Gasteiger partial charge in [-0.3, -0.25) is 4.90 Å². The molecule has 1 fully saturated rings. The van der Waals surface area contributed by atoms with Gasteiger partial charge in [-0.1, -0.05) is 36.8 Å². The molecule has 5 nitrogen and oxygen atoms in total. The van der Waals surface area contributed by atoms with Crippen LogP contribution in [0.3, 0.4) is 0 Å². The van der Waals surface area contributed by atoms with Crippen LogP contribution in [-0.2, 0) is 0 Å². The van der Waals surface area contributed by atoms with Crippen LogP contribution in [-0.4, -0.2) is 47.5 Å². The summed E-state index contributed by atoms with van der Waals surface area (Å²) >= 11 is 0. The number of ether oxygens (including phenoxy) is 2. The largest absolute Gasteiger partial charge is 0.508 e. The fraction of sp³-hybridized carbons (Fsp3) is 0.257. The van der Waals surface area contributed by atoms with Gasteiger partial charge in [-0.05, 0) is 91.2 Å². The Bertz CT molecular complexity index is 1660. The second kappa shape index (κ2) is 12.2. The highest BCUT2D eigenvalue weighted by Gasteiger charge is 2.45. The van der Waals surface area contributed by atoms with Gasteiger partial charge in [0, 0.05) is 29.3 Å². The van der Waals surface area contributed by atoms with Crippen molar-refractivity contribution in [2.45, 2.75) is 31.5 Å². The molecule has 0 bridgehead atoms. The molecule has 1 unspecified atom stereocenters. The van der Waals surface area contributed by atoms with Crippen molar-refractivity contribution in [3.63, 3.8) is 0 Å². The monoisotopic (exact) mass is 605 g/mol. The van der Waals surface area contributed by atoms with E-state index in [2.05, 4.69) is 4.90 Å². The smallest absolute Gasteiger partial charge is 0.417 e. The summed E-state index contributed by atoms with van der Waals surface area (Å²) in [5.74, 6) is -0.401. The predicted octanol–water partition coefficient (Wildman–Crippen LogP) is 8.38. The first kappa shape index (κ1) is 29.6. The lowest BCUT2D eigenvalue weighted by Crippen LogP contribution is -2.33. The third-order valence-electron chi connectivity index (χ3n) is 8.06. The van der Waals surface area contributed by atoms with Gasteiger partial charge in [0.25, 0.3) is 0 Å². The van der Waals surface area contributed by atoms with Gasteiger partial charge in [0.05, 0.1) is 5.57 Å². The van der Waals surface area contributed by atoms with E-state index in [9.17, 15) is 27.8 Å². The Balaban J connectivity index is 1.49. The van der Waals surface area contributed by atoms with Crippen molar-refractivity contribution in [3.05, 3.63) is 107 Å². The Labute approximate surface area is 252 Å². The third-order valence-corrected chi connectivity index (χ3v) is 8.06. The van der Waals surface area contributed by atoms with E-state index >= 15 is 0 Å². The molecule has 1 atom stereocenters. The molecule has 4 aromatic carbocycles. The number of alkyl halides is 3. The average Bonchev–Trinajstić information content (AvgIpc) is 3.01. The Morgan fingerprint density at radius 2 is 1.45 bits per heavy atom. The van der Waals surface area contributed by atoms with Crippen LogP contribution in [0.4, 0.5) is 17.6 Å². The minimum absolute atomic E-state index is 0.0976. The van der Waals surface area contributed by atoms with Gasteiger partial charge in [-0.25, -0.2) is 4.39 Å². The zero-order chi connectivity index (χ0) is 30.8. The normalized spacial score (nSPS) is 17.2. The van der Waals surface area contributed by atoms with E-state index < -0.39 is 23.7 Å². The predicted molar refractivity (Wildman–Crippen MR) is 160 cm³/mol. The Kier molecular flexibility index (Phi) is 8.23. The second-order valence-corrected chi connectivity index (χ2v) is 11.0. The van der Waals surface area contributed by atoms with E-state index in [4.69, 9.17) is 9.47 Å². The number of halogens is 4. The molecular weight excluding hydrogens is 574 g/mol. The summed E-state index contributed by atoms with van der Waals surface area (Å²) in [5.41, 5.74) is 0.373.